The molecule has 0 saturated heterocycles. The minimum atomic E-state index is -6.72. The van der Waals surface area contributed by atoms with E-state index in [1.807, 2.05) is 0 Å². The lowest BCUT2D eigenvalue weighted by Gasteiger charge is -2.31. The van der Waals surface area contributed by atoms with E-state index in [4.69, 9.17) is 9.47 Å². The van der Waals surface area contributed by atoms with Crippen LogP contribution >= 0.6 is 0 Å². The maximum atomic E-state index is 11.4. The molecule has 0 N–H and O–H groups in total. The number of methoxy groups -OCH3 is 2. The van der Waals surface area contributed by atoms with Gasteiger partial charge in [0.05, 0.1) is 53.5 Å². The van der Waals surface area contributed by atoms with Gasteiger partial charge in [0.25, 0.3) is 0 Å². The largest absolute Gasteiger partial charge is 0.480 e. The molecule has 0 saturated carbocycles. The van der Waals surface area contributed by atoms with Crippen LogP contribution in [-0.2, 0) is 49.6 Å². The molecule has 0 spiro atoms. The first-order valence-electron chi connectivity index (χ1n) is 13.2. The van der Waals surface area contributed by atoms with Crippen LogP contribution in [0.15, 0.2) is 0 Å². The smallest absolute Gasteiger partial charge is 0.421 e. The highest BCUT2D eigenvalue weighted by Gasteiger charge is 2.48. The van der Waals surface area contributed by atoms with Crippen molar-refractivity contribution in [3.63, 3.8) is 0 Å². The van der Waals surface area contributed by atoms with Gasteiger partial charge in [0.1, 0.15) is 13.1 Å². The number of halogens is 12. The summed E-state index contributed by atoms with van der Waals surface area (Å²) >= 11 is 0. The minimum absolute atomic E-state index is 0.778. The molecule has 0 fully saturated rings. The van der Waals surface area contributed by atoms with Crippen molar-refractivity contribution in [1.29, 1.82) is 0 Å². The maximum absolute atomic E-state index is 11.4. The van der Waals surface area contributed by atoms with Crippen molar-refractivity contribution in [1.82, 2.24) is 0 Å². The van der Waals surface area contributed by atoms with E-state index < -0.39 is 62.1 Å². The van der Waals surface area contributed by atoms with Crippen LogP contribution < -0.4 is 0 Å². The first kappa shape index (κ1) is 55.5. The highest BCUT2D eigenvalue weighted by Crippen LogP contribution is 2.37. The number of quaternary nitrogens is 2. The number of nitrogens with zero attached hydrogens (tertiary/aromatic N) is 4. The van der Waals surface area contributed by atoms with E-state index in [-0.39, 0.29) is 0 Å². The quantitative estimate of drug-likeness (QED) is 0.180. The Morgan fingerprint density at radius 1 is 0.440 bits per heavy atom. The molecular weight excluding hydrogens is 812 g/mol. The SMILES string of the molecule is CC[N+](C)(CC)CCOC.CC[N+](C)(CC)CCOC.O=S(=O)([N-]S(=O)(=O)C(F)(F)F)C(F)(F)F.O=S(=O)([N-]S(=O)(=O)C(F)(F)F)C(F)(F)F. The Kier molecular flexibility index (Phi) is 23.1. The molecule has 50 heavy (non-hydrogen) atoms. The molecule has 0 aromatic carbocycles. The van der Waals surface area contributed by atoms with E-state index in [0.717, 1.165) is 43.5 Å². The molecule has 0 heterocycles. The van der Waals surface area contributed by atoms with E-state index in [9.17, 15) is 86.4 Å². The zero-order valence-corrected chi connectivity index (χ0v) is 31.0. The highest BCUT2D eigenvalue weighted by molar-refractivity contribution is 8.13. The Morgan fingerprint density at radius 3 is 0.700 bits per heavy atom. The maximum Gasteiger partial charge on any atom is 0.480 e. The van der Waals surface area contributed by atoms with Crippen LogP contribution in [0, 0.1) is 0 Å². The van der Waals surface area contributed by atoms with Gasteiger partial charge < -0.3 is 26.7 Å². The standard InChI is InChI=1S/2C8H20NO.2C2F6NO4S2/c2*1-5-9(3,6-2)7-8-10-4;2*3-1(4,5)14(10,11)9-15(12,13)2(6,7)8/h2*5-8H2,1-4H3;;/q2*+1;2*-1. The van der Waals surface area contributed by atoms with Gasteiger partial charge in [0.15, 0.2) is 40.1 Å². The third-order valence-corrected chi connectivity index (χ3v) is 11.8. The molecule has 0 aromatic heterocycles. The van der Waals surface area contributed by atoms with Crippen LogP contribution in [0.4, 0.5) is 52.7 Å². The highest BCUT2D eigenvalue weighted by atomic mass is 32.3. The fourth-order valence-corrected chi connectivity index (χ4v) is 5.55. The molecule has 0 rings (SSSR count). The van der Waals surface area contributed by atoms with Gasteiger partial charge in [-0.2, -0.15) is 52.7 Å². The summed E-state index contributed by atoms with van der Waals surface area (Å²) in [6, 6.07) is 0. The van der Waals surface area contributed by atoms with Gasteiger partial charge in [-0.25, -0.2) is 33.7 Å². The van der Waals surface area contributed by atoms with Crippen LogP contribution in [-0.4, -0.2) is 145 Å². The van der Waals surface area contributed by atoms with Crippen molar-refractivity contribution in [2.45, 2.75) is 49.7 Å². The second kappa shape index (κ2) is 20.8. The molecule has 0 aromatic rings. The summed E-state index contributed by atoms with van der Waals surface area (Å²) in [4.78, 5) is 0. The summed E-state index contributed by atoms with van der Waals surface area (Å²) in [5, 5.41) is 0. The summed E-state index contributed by atoms with van der Waals surface area (Å²) in [5.41, 5.74) is -24.8. The Bertz CT molecular complexity index is 1220. The van der Waals surface area contributed by atoms with Gasteiger partial charge in [-0.3, -0.25) is 0 Å². The molecule has 0 aliphatic rings. The number of hydrogen-bond donors (Lipinski definition) is 0. The van der Waals surface area contributed by atoms with Gasteiger partial charge in [0.2, 0.25) is 0 Å². The lowest BCUT2D eigenvalue weighted by molar-refractivity contribution is -0.906. The average molecular weight is 853 g/mol. The number of ether oxygens (including phenoxy) is 2. The molecule has 0 atom stereocenters. The number of alkyl halides is 12. The first-order chi connectivity index (χ1) is 21.8. The molecule has 0 unspecified atom stereocenters. The molecular formula is C20H40F12N4O10S4. The van der Waals surface area contributed by atoms with Crippen molar-refractivity contribution in [3.8, 4) is 0 Å². The molecule has 30 heteroatoms. The Balaban J connectivity index is -0.000000287. The summed E-state index contributed by atoms with van der Waals surface area (Å²) in [6.45, 7) is 17.7. The van der Waals surface area contributed by atoms with Crippen LogP contribution in [0.5, 0.6) is 0 Å². The van der Waals surface area contributed by atoms with Gasteiger partial charge in [-0.05, 0) is 27.7 Å². The van der Waals surface area contributed by atoms with Gasteiger partial charge in [-0.15, -0.1) is 0 Å². The van der Waals surface area contributed by atoms with Crippen LogP contribution in [0.3, 0.4) is 0 Å². The fourth-order valence-electron chi connectivity index (χ4n) is 2.13. The Labute approximate surface area is 283 Å². The van der Waals surface area contributed by atoms with E-state index in [1.165, 1.54) is 26.2 Å². The van der Waals surface area contributed by atoms with Gasteiger partial charge in [0, 0.05) is 14.2 Å². The second-order valence-electron chi connectivity index (χ2n) is 9.77. The van der Waals surface area contributed by atoms with Crippen LogP contribution in [0.2, 0.25) is 0 Å². The summed E-state index contributed by atoms with van der Waals surface area (Å²) in [5.74, 6) is 0. The summed E-state index contributed by atoms with van der Waals surface area (Å²) in [7, 11) is -18.8. The number of likely N-dealkylation sites (N-methyl/N-ethyl adjacent to an activating group) is 2. The van der Waals surface area contributed by atoms with Crippen molar-refractivity contribution >= 4 is 40.1 Å². The third kappa shape index (κ3) is 20.7. The Morgan fingerprint density at radius 2 is 0.600 bits per heavy atom. The molecule has 0 amide bonds. The van der Waals surface area contributed by atoms with Crippen molar-refractivity contribution < 1.29 is 105 Å². The van der Waals surface area contributed by atoms with Crippen molar-refractivity contribution in [3.05, 3.63) is 8.25 Å². The minimum Gasteiger partial charge on any atom is -0.421 e. The zero-order valence-electron chi connectivity index (χ0n) is 27.7. The van der Waals surface area contributed by atoms with Gasteiger partial charge in [-0.1, -0.05) is 0 Å². The molecule has 0 aliphatic carbocycles. The topological polar surface area (TPSA) is 183 Å². The summed E-state index contributed by atoms with van der Waals surface area (Å²) < 4.78 is 231. The zero-order chi connectivity index (χ0) is 41.5. The summed E-state index contributed by atoms with van der Waals surface area (Å²) in [6.07, 6.45) is 0. The predicted molar refractivity (Wildman–Crippen MR) is 155 cm³/mol. The van der Waals surface area contributed by atoms with Gasteiger partial charge >= 0.3 is 22.0 Å². The van der Waals surface area contributed by atoms with Crippen LogP contribution in [0.25, 0.3) is 8.25 Å². The number of sulfonamides is 4. The van der Waals surface area contributed by atoms with Crippen molar-refractivity contribution in [2.75, 3.05) is 80.8 Å². The monoisotopic (exact) mass is 852 g/mol. The molecule has 0 aliphatic heterocycles. The lowest BCUT2D eigenvalue weighted by atomic mass is 10.4. The van der Waals surface area contributed by atoms with E-state index in [0.29, 0.717) is 0 Å². The molecule has 308 valence electrons. The predicted octanol–water partition coefficient (Wildman–Crippen LogP) is 4.36. The molecule has 0 radical (unpaired) electrons. The van der Waals surface area contributed by atoms with Crippen LogP contribution in [0.1, 0.15) is 27.7 Å². The molecule has 14 nitrogen and oxygen atoms in total. The first-order valence-corrected chi connectivity index (χ1v) is 18.9. The average Bonchev–Trinajstić information content (AvgIpc) is 2.92. The van der Waals surface area contributed by atoms with E-state index in [2.05, 4.69) is 41.8 Å². The van der Waals surface area contributed by atoms with E-state index in [1.54, 1.807) is 14.2 Å². The van der Waals surface area contributed by atoms with E-state index >= 15 is 0 Å². The Hall–Kier alpha value is -1.28. The third-order valence-electron chi connectivity index (χ3n) is 6.29. The second-order valence-corrected chi connectivity index (χ2v) is 16.6. The van der Waals surface area contributed by atoms with Crippen molar-refractivity contribution in [2.24, 2.45) is 0 Å². The number of rotatable bonds is 14. The lowest BCUT2D eigenvalue weighted by Crippen LogP contribution is -2.45. The fraction of sp³-hybridized carbons (Fsp3) is 1.00. The molecule has 0 bridgehead atoms. The normalized spacial score (nSPS) is 14.0. The number of hydrogen-bond acceptors (Lipinski definition) is 10.